The number of nitrogens with one attached hydrogen (secondary N) is 1. The number of benzene rings is 2. The van der Waals surface area contributed by atoms with E-state index in [0.717, 1.165) is 11.6 Å². The molecule has 0 bridgehead atoms. The lowest BCUT2D eigenvalue weighted by Crippen LogP contribution is -2.13. The molecule has 109 valence electrons. The van der Waals surface area contributed by atoms with Crippen molar-refractivity contribution in [2.75, 3.05) is 4.72 Å². The Balaban J connectivity index is 2.38. The van der Waals surface area contributed by atoms with Crippen molar-refractivity contribution in [1.82, 2.24) is 0 Å². The van der Waals surface area contributed by atoms with Gasteiger partial charge >= 0.3 is 0 Å². The van der Waals surface area contributed by atoms with Crippen molar-refractivity contribution in [3.63, 3.8) is 0 Å². The van der Waals surface area contributed by atoms with Crippen molar-refractivity contribution in [3.8, 4) is 0 Å². The lowest BCUT2D eigenvalue weighted by atomic mass is 10.2. The molecule has 0 aliphatic rings. The number of hydrogen-bond donors (Lipinski definition) is 1. The maximum atomic E-state index is 12.2. The highest BCUT2D eigenvalue weighted by Gasteiger charge is 2.19. The highest BCUT2D eigenvalue weighted by Crippen LogP contribution is 2.24. The first kappa shape index (κ1) is 15.0. The van der Waals surface area contributed by atoms with Gasteiger partial charge in [-0.05, 0) is 37.6 Å². The van der Waals surface area contributed by atoms with E-state index in [-0.39, 0.29) is 10.6 Å². The standard InChI is InChI=1S/C14H13N2O4S/c1-10-3-6-12(7-4-10)15-21(19,20)13-8-5-11(2)14(9-13)16(17)18/h3-9,15H,1H2,2H3. The first-order valence-corrected chi connectivity index (χ1v) is 7.48. The molecule has 0 unspecified atom stereocenters. The largest absolute Gasteiger partial charge is 0.280 e. The minimum Gasteiger partial charge on any atom is -0.280 e. The summed E-state index contributed by atoms with van der Waals surface area (Å²) in [5.41, 5.74) is 1.29. The van der Waals surface area contributed by atoms with Crippen molar-refractivity contribution < 1.29 is 13.3 Å². The van der Waals surface area contributed by atoms with E-state index >= 15 is 0 Å². The van der Waals surface area contributed by atoms with Gasteiger partial charge in [-0.15, -0.1) is 0 Å². The molecular formula is C14H13N2O4S. The molecule has 7 heteroatoms. The van der Waals surface area contributed by atoms with E-state index in [1.165, 1.54) is 12.1 Å². The number of rotatable bonds is 4. The van der Waals surface area contributed by atoms with Gasteiger partial charge in [0.2, 0.25) is 0 Å². The van der Waals surface area contributed by atoms with Gasteiger partial charge in [0.1, 0.15) is 0 Å². The van der Waals surface area contributed by atoms with Gasteiger partial charge in [0.05, 0.1) is 9.82 Å². The van der Waals surface area contributed by atoms with Crippen molar-refractivity contribution in [2.45, 2.75) is 11.8 Å². The summed E-state index contributed by atoms with van der Waals surface area (Å²) in [6.07, 6.45) is 0. The summed E-state index contributed by atoms with van der Waals surface area (Å²) < 4.78 is 26.8. The van der Waals surface area contributed by atoms with Crippen LogP contribution in [0.1, 0.15) is 11.1 Å². The summed E-state index contributed by atoms with van der Waals surface area (Å²) in [6.45, 7) is 5.26. The molecule has 2 aromatic rings. The summed E-state index contributed by atoms with van der Waals surface area (Å²) in [6, 6.07) is 10.3. The summed E-state index contributed by atoms with van der Waals surface area (Å²) in [5, 5.41) is 10.9. The van der Waals surface area contributed by atoms with Crippen LogP contribution < -0.4 is 4.72 Å². The maximum absolute atomic E-state index is 12.2. The van der Waals surface area contributed by atoms with Crippen molar-refractivity contribution in [2.24, 2.45) is 0 Å². The van der Waals surface area contributed by atoms with Crippen LogP contribution in [0.25, 0.3) is 0 Å². The Morgan fingerprint density at radius 3 is 2.33 bits per heavy atom. The molecule has 0 spiro atoms. The predicted molar refractivity (Wildman–Crippen MR) is 79.5 cm³/mol. The van der Waals surface area contributed by atoms with Crippen molar-refractivity contribution >= 4 is 21.4 Å². The lowest BCUT2D eigenvalue weighted by molar-refractivity contribution is -0.385. The predicted octanol–water partition coefficient (Wildman–Crippen LogP) is 2.89. The first-order valence-electron chi connectivity index (χ1n) is 5.99. The number of nitro benzene ring substituents is 1. The second-order valence-electron chi connectivity index (χ2n) is 4.51. The topological polar surface area (TPSA) is 89.3 Å². The Morgan fingerprint density at radius 2 is 1.76 bits per heavy atom. The minimum atomic E-state index is -3.87. The van der Waals surface area contributed by atoms with Crippen LogP contribution >= 0.6 is 0 Å². The number of nitrogens with zero attached hydrogens (tertiary/aromatic N) is 1. The van der Waals surface area contributed by atoms with Crippen LogP contribution in [-0.4, -0.2) is 13.3 Å². The quantitative estimate of drug-likeness (QED) is 0.694. The third kappa shape index (κ3) is 3.38. The Bertz CT molecular complexity index is 783. The van der Waals surface area contributed by atoms with E-state index in [9.17, 15) is 18.5 Å². The van der Waals surface area contributed by atoms with Gasteiger partial charge in [0.25, 0.3) is 15.7 Å². The number of anilines is 1. The lowest BCUT2D eigenvalue weighted by Gasteiger charge is -2.08. The Hall–Kier alpha value is -2.41. The molecule has 1 radical (unpaired) electrons. The molecule has 0 saturated carbocycles. The second-order valence-corrected chi connectivity index (χ2v) is 6.19. The highest BCUT2D eigenvalue weighted by atomic mass is 32.2. The zero-order valence-corrected chi connectivity index (χ0v) is 12.1. The van der Waals surface area contributed by atoms with E-state index in [0.29, 0.717) is 11.3 Å². The van der Waals surface area contributed by atoms with E-state index in [1.54, 1.807) is 31.2 Å². The van der Waals surface area contributed by atoms with Crippen LogP contribution in [-0.2, 0) is 10.0 Å². The molecule has 2 aromatic carbocycles. The molecule has 0 aliphatic carbocycles. The molecule has 0 saturated heterocycles. The van der Waals surface area contributed by atoms with Crippen LogP contribution in [0.3, 0.4) is 0 Å². The Morgan fingerprint density at radius 1 is 1.14 bits per heavy atom. The third-order valence-electron chi connectivity index (χ3n) is 2.89. The molecule has 1 N–H and O–H groups in total. The number of nitro groups is 1. The molecule has 6 nitrogen and oxygen atoms in total. The van der Waals surface area contributed by atoms with Crippen molar-refractivity contribution in [3.05, 3.63) is 70.6 Å². The Labute approximate surface area is 122 Å². The zero-order chi connectivity index (χ0) is 15.6. The minimum absolute atomic E-state index is 0.154. The molecule has 0 aliphatic heterocycles. The van der Waals surface area contributed by atoms with Crippen LogP contribution in [0.15, 0.2) is 47.4 Å². The normalized spacial score (nSPS) is 11.1. The highest BCUT2D eigenvalue weighted by molar-refractivity contribution is 7.92. The summed E-state index contributed by atoms with van der Waals surface area (Å²) >= 11 is 0. The molecule has 21 heavy (non-hydrogen) atoms. The molecule has 0 atom stereocenters. The number of sulfonamides is 1. The fraction of sp³-hybridized carbons (Fsp3) is 0.0714. The molecule has 0 heterocycles. The second kappa shape index (κ2) is 5.53. The third-order valence-corrected chi connectivity index (χ3v) is 4.27. The van der Waals surface area contributed by atoms with E-state index in [1.807, 2.05) is 0 Å². The average Bonchev–Trinajstić information content (AvgIpc) is 2.41. The summed E-state index contributed by atoms with van der Waals surface area (Å²) in [4.78, 5) is 10.1. The number of hydrogen-bond acceptors (Lipinski definition) is 4. The van der Waals surface area contributed by atoms with Crippen LogP contribution in [0, 0.1) is 24.0 Å². The van der Waals surface area contributed by atoms with E-state index < -0.39 is 14.9 Å². The van der Waals surface area contributed by atoms with Gasteiger partial charge in [0, 0.05) is 17.3 Å². The van der Waals surface area contributed by atoms with Gasteiger partial charge in [0.15, 0.2) is 0 Å². The van der Waals surface area contributed by atoms with Gasteiger partial charge < -0.3 is 0 Å². The van der Waals surface area contributed by atoms with Gasteiger partial charge in [-0.2, -0.15) is 0 Å². The summed E-state index contributed by atoms with van der Waals surface area (Å²) in [7, 11) is -3.87. The molecule has 2 rings (SSSR count). The fourth-order valence-corrected chi connectivity index (χ4v) is 2.82. The Kier molecular flexibility index (Phi) is 3.95. The van der Waals surface area contributed by atoms with E-state index in [4.69, 9.17) is 0 Å². The SMILES string of the molecule is [CH2]c1ccc(NS(=O)(=O)c2ccc(C)c([N+](=O)[O-])c2)cc1. The van der Waals surface area contributed by atoms with Crippen molar-refractivity contribution in [1.29, 1.82) is 0 Å². The summed E-state index contributed by atoms with van der Waals surface area (Å²) in [5.74, 6) is 0. The first-order chi connectivity index (χ1) is 9.79. The smallest absolute Gasteiger partial charge is 0.273 e. The maximum Gasteiger partial charge on any atom is 0.273 e. The van der Waals surface area contributed by atoms with E-state index in [2.05, 4.69) is 11.6 Å². The van der Waals surface area contributed by atoms with Crippen LogP contribution in [0.4, 0.5) is 11.4 Å². The van der Waals surface area contributed by atoms with Crippen LogP contribution in [0.2, 0.25) is 0 Å². The fourth-order valence-electron chi connectivity index (χ4n) is 1.74. The molecular weight excluding hydrogens is 292 g/mol. The average molecular weight is 305 g/mol. The van der Waals surface area contributed by atoms with Crippen LogP contribution in [0.5, 0.6) is 0 Å². The monoisotopic (exact) mass is 305 g/mol. The zero-order valence-electron chi connectivity index (χ0n) is 11.2. The van der Waals surface area contributed by atoms with Gasteiger partial charge in [-0.1, -0.05) is 18.2 Å². The molecule has 0 aromatic heterocycles. The van der Waals surface area contributed by atoms with Gasteiger partial charge in [-0.3, -0.25) is 14.8 Å². The molecule has 0 fully saturated rings. The number of aryl methyl sites for hydroxylation is 1. The molecule has 0 amide bonds. The van der Waals surface area contributed by atoms with Gasteiger partial charge in [-0.25, -0.2) is 8.42 Å².